The average Bonchev–Trinajstić information content (AvgIpc) is 2.71. The molecular weight excluding hydrogens is 264 g/mol. The molecule has 1 heterocycles. The summed E-state index contributed by atoms with van der Waals surface area (Å²) in [5.74, 6) is -1.46. The number of nitrogens with zero attached hydrogens (tertiary/aromatic N) is 2. The van der Waals surface area contributed by atoms with Crippen molar-refractivity contribution in [3.63, 3.8) is 0 Å². The van der Waals surface area contributed by atoms with Crippen LogP contribution in [-0.2, 0) is 4.79 Å². The summed E-state index contributed by atoms with van der Waals surface area (Å²) < 4.78 is 2.05. The van der Waals surface area contributed by atoms with Crippen molar-refractivity contribution in [3.8, 4) is 11.8 Å². The molecule has 1 aromatic carbocycles. The van der Waals surface area contributed by atoms with E-state index in [0.29, 0.717) is 5.56 Å². The minimum atomic E-state index is -1.46. The van der Waals surface area contributed by atoms with E-state index in [9.17, 15) is 9.90 Å². The number of carboxylic acid groups (broad SMARTS) is 1. The Kier molecular flexibility index (Phi) is 3.95. The first kappa shape index (κ1) is 14.6. The van der Waals surface area contributed by atoms with Gasteiger partial charge in [-0.25, -0.2) is 0 Å². The SMILES string of the molecule is Cc1ccccc1-n1c(C)cc(/C=C(/C#N)C(=O)[O-])c1C. The zero-order valence-electron chi connectivity index (χ0n) is 12.2. The van der Waals surface area contributed by atoms with E-state index in [0.717, 1.165) is 22.6 Å². The smallest absolute Gasteiger partial charge is 0.101 e. The third-order valence-corrected chi connectivity index (χ3v) is 3.47. The van der Waals surface area contributed by atoms with E-state index in [4.69, 9.17) is 5.26 Å². The summed E-state index contributed by atoms with van der Waals surface area (Å²) in [6.07, 6.45) is 1.35. The summed E-state index contributed by atoms with van der Waals surface area (Å²) in [4.78, 5) is 10.9. The first-order valence-corrected chi connectivity index (χ1v) is 6.53. The molecule has 0 fully saturated rings. The van der Waals surface area contributed by atoms with Crippen molar-refractivity contribution in [2.75, 3.05) is 0 Å². The quantitative estimate of drug-likeness (QED) is 0.638. The van der Waals surface area contributed by atoms with Gasteiger partial charge in [-0.15, -0.1) is 0 Å². The molecule has 0 spiro atoms. The van der Waals surface area contributed by atoms with Crippen molar-refractivity contribution in [2.45, 2.75) is 20.8 Å². The van der Waals surface area contributed by atoms with Crippen molar-refractivity contribution in [2.24, 2.45) is 0 Å². The molecule has 0 unspecified atom stereocenters. The van der Waals surface area contributed by atoms with Crippen LogP contribution in [0.4, 0.5) is 0 Å². The van der Waals surface area contributed by atoms with E-state index in [2.05, 4.69) is 0 Å². The first-order chi connectivity index (χ1) is 9.95. The number of hydrogen-bond donors (Lipinski definition) is 0. The van der Waals surface area contributed by atoms with E-state index in [-0.39, 0.29) is 5.57 Å². The maximum atomic E-state index is 10.9. The molecule has 2 rings (SSSR count). The van der Waals surface area contributed by atoms with Crippen LogP contribution in [0.1, 0.15) is 22.5 Å². The molecule has 21 heavy (non-hydrogen) atoms. The molecule has 0 atom stereocenters. The van der Waals surface area contributed by atoms with Crippen LogP contribution in [0.25, 0.3) is 11.8 Å². The van der Waals surface area contributed by atoms with Gasteiger partial charge >= 0.3 is 0 Å². The number of carbonyl (C=O) groups excluding carboxylic acids is 1. The highest BCUT2D eigenvalue weighted by Gasteiger charge is 2.11. The Morgan fingerprint density at radius 1 is 1.29 bits per heavy atom. The highest BCUT2D eigenvalue weighted by atomic mass is 16.4. The zero-order valence-corrected chi connectivity index (χ0v) is 12.2. The highest BCUT2D eigenvalue weighted by Crippen LogP contribution is 2.24. The third kappa shape index (κ3) is 2.72. The van der Waals surface area contributed by atoms with Crippen LogP contribution in [0.5, 0.6) is 0 Å². The average molecular weight is 279 g/mol. The molecule has 0 aliphatic rings. The molecule has 2 aromatic rings. The Bertz CT molecular complexity index is 777. The number of aromatic nitrogens is 1. The lowest BCUT2D eigenvalue weighted by Crippen LogP contribution is -2.23. The molecule has 4 nitrogen and oxygen atoms in total. The Morgan fingerprint density at radius 2 is 1.95 bits per heavy atom. The van der Waals surface area contributed by atoms with Crippen molar-refractivity contribution in [1.82, 2.24) is 4.57 Å². The standard InChI is InChI=1S/C17H16N2O2/c1-11-6-4-5-7-16(11)19-12(2)8-14(13(19)3)9-15(10-18)17(20)21/h4-9H,1-3H3,(H,20,21)/p-1/b15-9-. The topological polar surface area (TPSA) is 68.8 Å². The molecule has 0 bridgehead atoms. The summed E-state index contributed by atoms with van der Waals surface area (Å²) >= 11 is 0. The normalized spacial score (nSPS) is 11.2. The maximum absolute atomic E-state index is 10.9. The van der Waals surface area contributed by atoms with Crippen molar-refractivity contribution in [3.05, 3.63) is 58.4 Å². The van der Waals surface area contributed by atoms with E-state index >= 15 is 0 Å². The third-order valence-electron chi connectivity index (χ3n) is 3.47. The summed E-state index contributed by atoms with van der Waals surface area (Å²) in [6.45, 7) is 5.86. The monoisotopic (exact) mass is 279 g/mol. The van der Waals surface area contributed by atoms with Crippen LogP contribution in [0.3, 0.4) is 0 Å². The van der Waals surface area contributed by atoms with Gasteiger partial charge in [-0.05, 0) is 50.1 Å². The van der Waals surface area contributed by atoms with Gasteiger partial charge in [-0.2, -0.15) is 5.26 Å². The summed E-state index contributed by atoms with van der Waals surface area (Å²) in [7, 11) is 0. The lowest BCUT2D eigenvalue weighted by molar-refractivity contribution is -0.298. The second-order valence-electron chi connectivity index (χ2n) is 4.91. The molecule has 106 valence electrons. The van der Waals surface area contributed by atoms with Crippen LogP contribution in [0.2, 0.25) is 0 Å². The van der Waals surface area contributed by atoms with Gasteiger partial charge in [-0.1, -0.05) is 18.2 Å². The van der Waals surface area contributed by atoms with E-state index in [1.807, 2.05) is 55.7 Å². The predicted molar refractivity (Wildman–Crippen MR) is 78.6 cm³/mol. The molecule has 0 radical (unpaired) electrons. The lowest BCUT2D eigenvalue weighted by atomic mass is 10.1. The van der Waals surface area contributed by atoms with Gasteiger partial charge in [0, 0.05) is 17.1 Å². The number of hydrogen-bond acceptors (Lipinski definition) is 3. The fourth-order valence-electron chi connectivity index (χ4n) is 2.41. The van der Waals surface area contributed by atoms with Crippen LogP contribution in [0.15, 0.2) is 35.9 Å². The molecule has 0 aliphatic heterocycles. The number of rotatable bonds is 3. The van der Waals surface area contributed by atoms with Gasteiger partial charge in [0.15, 0.2) is 0 Å². The molecule has 0 aliphatic carbocycles. The van der Waals surface area contributed by atoms with Crippen LogP contribution in [-0.4, -0.2) is 10.5 Å². The minimum absolute atomic E-state index is 0.375. The largest absolute Gasteiger partial charge is 0.544 e. The summed E-state index contributed by atoms with van der Waals surface area (Å²) in [6, 6.07) is 11.5. The minimum Gasteiger partial charge on any atom is -0.544 e. The lowest BCUT2D eigenvalue weighted by Gasteiger charge is -2.12. The van der Waals surface area contributed by atoms with Crippen LogP contribution < -0.4 is 5.11 Å². The molecule has 1 aromatic heterocycles. The van der Waals surface area contributed by atoms with Gasteiger partial charge in [-0.3, -0.25) is 0 Å². The second-order valence-corrected chi connectivity index (χ2v) is 4.91. The summed E-state index contributed by atoms with van der Waals surface area (Å²) in [5, 5.41) is 19.7. The maximum Gasteiger partial charge on any atom is 0.101 e. The number of aliphatic carboxylic acids is 1. The molecule has 4 heteroatoms. The predicted octanol–water partition coefficient (Wildman–Crippen LogP) is 2.06. The zero-order chi connectivity index (χ0) is 15.6. The van der Waals surface area contributed by atoms with Gasteiger partial charge in [0.2, 0.25) is 0 Å². The number of aryl methyl sites for hydroxylation is 2. The molecule has 0 saturated carbocycles. The van der Waals surface area contributed by atoms with E-state index in [1.54, 1.807) is 6.07 Å². The number of benzene rings is 1. The van der Waals surface area contributed by atoms with Crippen LogP contribution >= 0.6 is 0 Å². The second kappa shape index (κ2) is 5.68. The number of nitriles is 1. The Labute approximate surface area is 123 Å². The van der Waals surface area contributed by atoms with Crippen molar-refractivity contribution >= 4 is 12.0 Å². The Balaban J connectivity index is 2.62. The fraction of sp³-hybridized carbons (Fsp3) is 0.176. The van der Waals surface area contributed by atoms with Crippen LogP contribution in [0, 0.1) is 32.1 Å². The molecule has 0 amide bonds. The Hall–Kier alpha value is -2.80. The number of carboxylic acids is 1. The fourth-order valence-corrected chi connectivity index (χ4v) is 2.41. The van der Waals surface area contributed by atoms with Crippen molar-refractivity contribution < 1.29 is 9.90 Å². The molecular formula is C17H15N2O2-. The first-order valence-electron chi connectivity index (χ1n) is 6.53. The summed E-state index contributed by atoms with van der Waals surface area (Å²) in [5.41, 5.74) is 4.35. The van der Waals surface area contributed by atoms with Gasteiger partial charge in [0.05, 0.1) is 11.5 Å². The van der Waals surface area contributed by atoms with Gasteiger partial charge < -0.3 is 14.5 Å². The van der Waals surface area contributed by atoms with E-state index in [1.165, 1.54) is 6.08 Å². The van der Waals surface area contributed by atoms with Gasteiger partial charge in [0.25, 0.3) is 0 Å². The van der Waals surface area contributed by atoms with E-state index < -0.39 is 5.97 Å². The molecule has 0 saturated heterocycles. The van der Waals surface area contributed by atoms with Gasteiger partial charge in [0.1, 0.15) is 6.07 Å². The number of para-hydroxylation sites is 1. The Morgan fingerprint density at radius 3 is 2.52 bits per heavy atom. The highest BCUT2D eigenvalue weighted by molar-refractivity contribution is 5.95. The number of carbonyl (C=O) groups is 1. The molecule has 0 N–H and O–H groups in total. The van der Waals surface area contributed by atoms with Crippen molar-refractivity contribution in [1.29, 1.82) is 5.26 Å².